The number of carbonyl (C=O) groups excluding carboxylic acids is 1. The summed E-state index contributed by atoms with van der Waals surface area (Å²) < 4.78 is 16.4. The number of benzene rings is 2. The molecule has 3 rings (SSSR count). The average Bonchev–Trinajstić information content (AvgIpc) is 2.99. The number of nitrogens with zero attached hydrogens (tertiary/aromatic N) is 1. The number of rotatable bonds is 7. The van der Waals surface area contributed by atoms with Crippen LogP contribution in [-0.4, -0.2) is 31.9 Å². The van der Waals surface area contributed by atoms with Gasteiger partial charge in [0.05, 0.1) is 31.4 Å². The summed E-state index contributed by atoms with van der Waals surface area (Å²) in [5.74, 6) is 2.15. The van der Waals surface area contributed by atoms with Gasteiger partial charge in [-0.1, -0.05) is 19.9 Å². The molecule has 0 aromatic heterocycles. The highest BCUT2D eigenvalue weighted by Crippen LogP contribution is 2.37. The summed E-state index contributed by atoms with van der Waals surface area (Å²) in [5.41, 5.74) is 1.44. The Labute approximate surface area is 175 Å². The van der Waals surface area contributed by atoms with Crippen LogP contribution < -0.4 is 19.1 Å². The lowest BCUT2D eigenvalue weighted by Crippen LogP contribution is -2.27. The van der Waals surface area contributed by atoms with E-state index in [0.29, 0.717) is 40.4 Å². The molecule has 1 fully saturated rings. The third-order valence-corrected chi connectivity index (χ3v) is 5.10. The molecule has 6 nitrogen and oxygen atoms in total. The van der Waals surface area contributed by atoms with Crippen molar-refractivity contribution in [3.63, 3.8) is 0 Å². The van der Waals surface area contributed by atoms with Gasteiger partial charge in [0.1, 0.15) is 5.75 Å². The molecule has 29 heavy (non-hydrogen) atoms. The highest BCUT2D eigenvalue weighted by Gasteiger charge is 2.33. The Morgan fingerprint density at radius 3 is 2.41 bits per heavy atom. The third kappa shape index (κ3) is 4.74. The molecule has 1 saturated heterocycles. The molecular formula is C22H24N2O4S. The van der Waals surface area contributed by atoms with Gasteiger partial charge in [-0.3, -0.25) is 15.1 Å². The summed E-state index contributed by atoms with van der Waals surface area (Å²) >= 11 is 1.13. The number of methoxy groups -OCH3 is 2. The smallest absolute Gasteiger partial charge is 0.271 e. The van der Waals surface area contributed by atoms with Crippen molar-refractivity contribution in [2.45, 2.75) is 13.8 Å². The van der Waals surface area contributed by atoms with Crippen LogP contribution in [0.25, 0.3) is 6.08 Å². The highest BCUT2D eigenvalue weighted by atomic mass is 32.2. The molecule has 0 spiro atoms. The van der Waals surface area contributed by atoms with Gasteiger partial charge >= 0.3 is 0 Å². The van der Waals surface area contributed by atoms with Crippen LogP contribution in [0.5, 0.6) is 17.2 Å². The monoisotopic (exact) mass is 412 g/mol. The lowest BCUT2D eigenvalue weighted by Gasteiger charge is -2.14. The number of nitrogens with one attached hydrogen (secondary N) is 1. The van der Waals surface area contributed by atoms with Crippen LogP contribution in [0.2, 0.25) is 0 Å². The molecule has 1 aliphatic heterocycles. The highest BCUT2D eigenvalue weighted by molar-refractivity contribution is 8.19. The third-order valence-electron chi connectivity index (χ3n) is 4.21. The van der Waals surface area contributed by atoms with E-state index in [2.05, 4.69) is 13.8 Å². The number of anilines is 1. The van der Waals surface area contributed by atoms with Crippen molar-refractivity contribution in [3.05, 3.63) is 52.9 Å². The normalized spacial score (nSPS) is 15.3. The Morgan fingerprint density at radius 2 is 1.79 bits per heavy atom. The quantitative estimate of drug-likeness (QED) is 0.662. The molecule has 2 aromatic carbocycles. The maximum atomic E-state index is 12.9. The van der Waals surface area contributed by atoms with Crippen molar-refractivity contribution in [1.29, 1.82) is 5.41 Å². The van der Waals surface area contributed by atoms with Gasteiger partial charge in [0.2, 0.25) is 0 Å². The molecule has 0 radical (unpaired) electrons. The molecule has 0 bridgehead atoms. The van der Waals surface area contributed by atoms with Gasteiger partial charge in [0.25, 0.3) is 5.91 Å². The summed E-state index contributed by atoms with van der Waals surface area (Å²) in [7, 11) is 3.17. The molecule has 1 heterocycles. The van der Waals surface area contributed by atoms with E-state index in [0.717, 1.165) is 17.3 Å². The van der Waals surface area contributed by atoms with E-state index in [4.69, 9.17) is 19.6 Å². The average molecular weight is 413 g/mol. The van der Waals surface area contributed by atoms with Gasteiger partial charge in [0, 0.05) is 0 Å². The van der Waals surface area contributed by atoms with Crippen LogP contribution in [0.4, 0.5) is 5.69 Å². The molecule has 2 aromatic rings. The van der Waals surface area contributed by atoms with Crippen LogP contribution in [0.1, 0.15) is 19.4 Å². The summed E-state index contributed by atoms with van der Waals surface area (Å²) in [6.07, 6.45) is 1.76. The number of hydrogen-bond acceptors (Lipinski definition) is 6. The molecule has 0 atom stereocenters. The zero-order valence-corrected chi connectivity index (χ0v) is 17.7. The van der Waals surface area contributed by atoms with Crippen LogP contribution in [0.15, 0.2) is 47.4 Å². The number of amidine groups is 1. The standard InChI is InChI=1S/C22H24N2O4S/c1-14(2)13-28-18-10-5-15(11-19(18)27-4)12-20-21(25)24(22(23)29-20)16-6-8-17(26-3)9-7-16/h5-12,14,23H,13H2,1-4H3/b20-12-,23-22?. The Kier molecular flexibility index (Phi) is 6.49. The largest absolute Gasteiger partial charge is 0.497 e. The number of amides is 1. The van der Waals surface area contributed by atoms with E-state index in [9.17, 15) is 4.79 Å². The van der Waals surface area contributed by atoms with E-state index < -0.39 is 0 Å². The minimum absolute atomic E-state index is 0.162. The van der Waals surface area contributed by atoms with E-state index >= 15 is 0 Å². The van der Waals surface area contributed by atoms with Gasteiger partial charge in [-0.2, -0.15) is 0 Å². The first-order valence-corrected chi connectivity index (χ1v) is 10.0. The predicted octanol–water partition coefficient (Wildman–Crippen LogP) is 4.79. The SMILES string of the molecule is COc1ccc(N2C(=N)S/C(=C\c3ccc(OCC(C)C)c(OC)c3)C2=O)cc1. The fourth-order valence-corrected chi connectivity index (χ4v) is 3.62. The van der Waals surface area contributed by atoms with Gasteiger partial charge in [-0.25, -0.2) is 0 Å². The second-order valence-electron chi connectivity index (χ2n) is 6.87. The minimum Gasteiger partial charge on any atom is -0.497 e. The van der Waals surface area contributed by atoms with Gasteiger partial charge in [0.15, 0.2) is 16.7 Å². The van der Waals surface area contributed by atoms with E-state index in [-0.39, 0.29) is 11.1 Å². The molecule has 0 aliphatic carbocycles. The number of thioether (sulfide) groups is 1. The topological polar surface area (TPSA) is 71.8 Å². The summed E-state index contributed by atoms with van der Waals surface area (Å²) in [5, 5.41) is 8.39. The lowest BCUT2D eigenvalue weighted by molar-refractivity contribution is -0.113. The Hall–Kier alpha value is -2.93. The fraction of sp³-hybridized carbons (Fsp3) is 0.273. The van der Waals surface area contributed by atoms with Crippen molar-refractivity contribution in [2.75, 3.05) is 25.7 Å². The number of carbonyl (C=O) groups is 1. The van der Waals surface area contributed by atoms with Crippen LogP contribution in [0, 0.1) is 11.3 Å². The van der Waals surface area contributed by atoms with Crippen LogP contribution >= 0.6 is 11.8 Å². The summed E-state index contributed by atoms with van der Waals surface area (Å²) in [6.45, 7) is 4.76. The van der Waals surface area contributed by atoms with E-state index in [1.54, 1.807) is 44.6 Å². The number of ether oxygens (including phenoxy) is 3. The van der Waals surface area contributed by atoms with E-state index in [1.807, 2.05) is 18.2 Å². The maximum absolute atomic E-state index is 12.9. The lowest BCUT2D eigenvalue weighted by atomic mass is 10.1. The second-order valence-corrected chi connectivity index (χ2v) is 7.90. The van der Waals surface area contributed by atoms with Gasteiger partial charge < -0.3 is 14.2 Å². The molecule has 1 N–H and O–H groups in total. The van der Waals surface area contributed by atoms with Crippen molar-refractivity contribution < 1.29 is 19.0 Å². The molecule has 0 saturated carbocycles. The van der Waals surface area contributed by atoms with Crippen molar-refractivity contribution in [2.24, 2.45) is 5.92 Å². The molecule has 0 unspecified atom stereocenters. The van der Waals surface area contributed by atoms with Gasteiger partial charge in [-0.05, 0) is 65.7 Å². The Morgan fingerprint density at radius 1 is 1.07 bits per heavy atom. The Bertz CT molecular complexity index is 938. The second kappa shape index (κ2) is 9.05. The molecule has 7 heteroatoms. The van der Waals surface area contributed by atoms with Crippen molar-refractivity contribution in [3.8, 4) is 17.2 Å². The zero-order chi connectivity index (χ0) is 21.0. The first-order valence-electron chi connectivity index (χ1n) is 9.20. The molecule has 1 amide bonds. The van der Waals surface area contributed by atoms with Crippen LogP contribution in [0.3, 0.4) is 0 Å². The Balaban J connectivity index is 1.83. The van der Waals surface area contributed by atoms with Crippen molar-refractivity contribution in [1.82, 2.24) is 0 Å². The first-order chi connectivity index (χ1) is 13.9. The maximum Gasteiger partial charge on any atom is 0.271 e. The van der Waals surface area contributed by atoms with Crippen LogP contribution in [-0.2, 0) is 4.79 Å². The molecule has 1 aliphatic rings. The van der Waals surface area contributed by atoms with E-state index in [1.165, 1.54) is 4.90 Å². The summed E-state index contributed by atoms with van der Waals surface area (Å²) in [6, 6.07) is 12.6. The van der Waals surface area contributed by atoms with Crippen molar-refractivity contribution >= 4 is 34.6 Å². The fourth-order valence-electron chi connectivity index (χ4n) is 2.75. The minimum atomic E-state index is -0.232. The summed E-state index contributed by atoms with van der Waals surface area (Å²) in [4.78, 5) is 14.7. The predicted molar refractivity (Wildman–Crippen MR) is 117 cm³/mol. The zero-order valence-electron chi connectivity index (χ0n) is 16.9. The molecule has 152 valence electrons. The van der Waals surface area contributed by atoms with Gasteiger partial charge in [-0.15, -0.1) is 0 Å². The molecular weight excluding hydrogens is 388 g/mol. The number of hydrogen-bond donors (Lipinski definition) is 1. The first kappa shape index (κ1) is 20.8.